The molecule has 0 unspecified atom stereocenters. The van der Waals surface area contributed by atoms with Crippen LogP contribution in [0.2, 0.25) is 0 Å². The minimum absolute atomic E-state index is 0.221. The Hall–Kier alpha value is -2.06. The Bertz CT molecular complexity index is 674. The van der Waals surface area contributed by atoms with E-state index < -0.39 is 18.3 Å². The number of hydrogen-bond donors (Lipinski definition) is 1. The van der Waals surface area contributed by atoms with E-state index in [-0.39, 0.29) is 5.95 Å². The van der Waals surface area contributed by atoms with E-state index >= 15 is 0 Å². The molecule has 1 aliphatic heterocycles. The van der Waals surface area contributed by atoms with Crippen molar-refractivity contribution in [2.24, 2.45) is 0 Å². The number of rotatable bonds is 2. The first-order valence-corrected chi connectivity index (χ1v) is 7.04. The lowest BCUT2D eigenvalue weighted by molar-refractivity contribution is 0.00578. The second kappa shape index (κ2) is 5.00. The number of nitrogen functional groups attached to an aromatic ring is 1. The van der Waals surface area contributed by atoms with Crippen LogP contribution in [0.4, 0.5) is 5.95 Å². The molecule has 0 amide bonds. The van der Waals surface area contributed by atoms with Crippen molar-refractivity contribution in [1.82, 2.24) is 19.9 Å². The molecule has 1 saturated heterocycles. The van der Waals surface area contributed by atoms with E-state index in [1.807, 2.05) is 27.7 Å². The number of aromatic nitrogens is 4. The standard InChI is InChI=1S/C14H18BN5O2/c1-13(2)14(3,4)22-15(21-13)11-8-17-7-10(20-11)9-5-18-12(16)19-6-9/h5-8H,1-4H3,(H2,16,18,19). The predicted molar refractivity (Wildman–Crippen MR) is 83.2 cm³/mol. The van der Waals surface area contributed by atoms with Gasteiger partial charge in [-0.3, -0.25) is 9.97 Å². The van der Waals surface area contributed by atoms with Crippen LogP contribution in [0.15, 0.2) is 24.8 Å². The monoisotopic (exact) mass is 299 g/mol. The lowest BCUT2D eigenvalue weighted by Gasteiger charge is -2.32. The fourth-order valence-corrected chi connectivity index (χ4v) is 2.07. The zero-order chi connectivity index (χ0) is 16.0. The quantitative estimate of drug-likeness (QED) is 0.820. The molecule has 0 bridgehead atoms. The minimum Gasteiger partial charge on any atom is -0.398 e. The number of nitrogens with zero attached hydrogens (tertiary/aromatic N) is 4. The topological polar surface area (TPSA) is 96.0 Å². The maximum absolute atomic E-state index is 5.98. The minimum atomic E-state index is -0.549. The van der Waals surface area contributed by atoms with Crippen LogP contribution in [0.1, 0.15) is 27.7 Å². The van der Waals surface area contributed by atoms with Crippen LogP contribution in [0, 0.1) is 0 Å². The molecule has 7 nitrogen and oxygen atoms in total. The molecule has 0 aromatic carbocycles. The van der Waals surface area contributed by atoms with Gasteiger partial charge in [-0.05, 0) is 27.7 Å². The molecule has 2 aromatic rings. The van der Waals surface area contributed by atoms with E-state index in [0.29, 0.717) is 11.3 Å². The fraction of sp³-hybridized carbons (Fsp3) is 0.429. The molecule has 0 aliphatic carbocycles. The van der Waals surface area contributed by atoms with E-state index in [1.54, 1.807) is 24.8 Å². The molecule has 8 heteroatoms. The highest BCUT2D eigenvalue weighted by atomic mass is 16.7. The Balaban J connectivity index is 1.91. The average Bonchev–Trinajstić information content (AvgIpc) is 2.68. The fourth-order valence-electron chi connectivity index (χ4n) is 2.07. The van der Waals surface area contributed by atoms with Crippen molar-refractivity contribution in [3.63, 3.8) is 0 Å². The summed E-state index contributed by atoms with van der Waals surface area (Å²) >= 11 is 0. The summed E-state index contributed by atoms with van der Waals surface area (Å²) < 4.78 is 12.0. The molecule has 22 heavy (non-hydrogen) atoms. The Labute approximate surface area is 129 Å². The molecule has 1 aliphatic rings. The van der Waals surface area contributed by atoms with Gasteiger partial charge in [0.05, 0.1) is 28.7 Å². The first kappa shape index (κ1) is 14.9. The summed E-state index contributed by atoms with van der Waals surface area (Å²) in [7, 11) is -0.549. The summed E-state index contributed by atoms with van der Waals surface area (Å²) in [5, 5.41) is 0. The lowest BCUT2D eigenvalue weighted by atomic mass is 9.85. The van der Waals surface area contributed by atoms with Gasteiger partial charge >= 0.3 is 7.12 Å². The summed E-state index contributed by atoms with van der Waals surface area (Å²) in [6, 6.07) is 0. The zero-order valence-electron chi connectivity index (χ0n) is 13.1. The van der Waals surface area contributed by atoms with Crippen LogP contribution in [-0.4, -0.2) is 38.3 Å². The van der Waals surface area contributed by atoms with Crippen LogP contribution in [-0.2, 0) is 9.31 Å². The van der Waals surface area contributed by atoms with Gasteiger partial charge < -0.3 is 15.0 Å². The number of anilines is 1. The molecule has 2 N–H and O–H groups in total. The van der Waals surface area contributed by atoms with E-state index in [1.165, 1.54) is 0 Å². The number of hydrogen-bond acceptors (Lipinski definition) is 7. The molecule has 0 saturated carbocycles. The molecule has 1 fully saturated rings. The third kappa shape index (κ3) is 2.55. The second-order valence-electron chi connectivity index (χ2n) is 6.25. The third-order valence-corrected chi connectivity index (χ3v) is 4.12. The van der Waals surface area contributed by atoms with Crippen molar-refractivity contribution in [2.75, 3.05) is 5.73 Å². The van der Waals surface area contributed by atoms with Crippen LogP contribution in [0.3, 0.4) is 0 Å². The molecule has 3 heterocycles. The van der Waals surface area contributed by atoms with Gasteiger partial charge in [0.15, 0.2) is 0 Å². The summed E-state index contributed by atoms with van der Waals surface area (Å²) in [5.41, 5.74) is 6.66. The Morgan fingerprint density at radius 1 is 0.955 bits per heavy atom. The van der Waals surface area contributed by atoms with Crippen LogP contribution in [0.5, 0.6) is 0 Å². The van der Waals surface area contributed by atoms with Crippen molar-refractivity contribution in [1.29, 1.82) is 0 Å². The van der Waals surface area contributed by atoms with Gasteiger partial charge in [-0.25, -0.2) is 9.97 Å². The Kier molecular flexibility index (Phi) is 3.38. The molecule has 3 rings (SSSR count). The van der Waals surface area contributed by atoms with Crippen molar-refractivity contribution in [2.45, 2.75) is 38.9 Å². The molecule has 114 valence electrons. The van der Waals surface area contributed by atoms with Crippen LogP contribution in [0.25, 0.3) is 11.3 Å². The van der Waals surface area contributed by atoms with Crippen molar-refractivity contribution in [3.05, 3.63) is 24.8 Å². The van der Waals surface area contributed by atoms with Gasteiger partial charge in [0.2, 0.25) is 5.95 Å². The molecule has 2 aromatic heterocycles. The molecular weight excluding hydrogens is 281 g/mol. The maximum atomic E-state index is 5.98. The van der Waals surface area contributed by atoms with Gasteiger partial charge in [-0.1, -0.05) is 0 Å². The van der Waals surface area contributed by atoms with Gasteiger partial charge in [0.1, 0.15) is 0 Å². The normalized spacial score (nSPS) is 19.4. The van der Waals surface area contributed by atoms with Crippen LogP contribution >= 0.6 is 0 Å². The molecular formula is C14H18BN5O2. The largest absolute Gasteiger partial charge is 0.516 e. The van der Waals surface area contributed by atoms with Gasteiger partial charge in [-0.2, -0.15) is 0 Å². The van der Waals surface area contributed by atoms with Gasteiger partial charge in [0.25, 0.3) is 0 Å². The first-order chi connectivity index (χ1) is 10.3. The van der Waals surface area contributed by atoms with Gasteiger partial charge in [-0.15, -0.1) is 0 Å². The summed E-state index contributed by atoms with van der Waals surface area (Å²) in [6.45, 7) is 7.99. The van der Waals surface area contributed by atoms with E-state index in [0.717, 1.165) is 5.56 Å². The maximum Gasteiger partial charge on any atom is 0.516 e. The van der Waals surface area contributed by atoms with Crippen molar-refractivity contribution in [3.8, 4) is 11.3 Å². The van der Waals surface area contributed by atoms with Crippen molar-refractivity contribution < 1.29 is 9.31 Å². The summed E-state index contributed by atoms with van der Waals surface area (Å²) in [5.74, 6) is 0.221. The van der Waals surface area contributed by atoms with E-state index in [9.17, 15) is 0 Å². The Morgan fingerprint density at radius 3 is 2.14 bits per heavy atom. The van der Waals surface area contributed by atoms with Crippen molar-refractivity contribution >= 4 is 18.7 Å². The highest BCUT2D eigenvalue weighted by Crippen LogP contribution is 2.36. The highest BCUT2D eigenvalue weighted by Gasteiger charge is 2.52. The molecule has 0 spiro atoms. The van der Waals surface area contributed by atoms with E-state index in [4.69, 9.17) is 15.0 Å². The average molecular weight is 299 g/mol. The molecule has 0 radical (unpaired) electrons. The highest BCUT2D eigenvalue weighted by molar-refractivity contribution is 6.61. The van der Waals surface area contributed by atoms with Gasteiger partial charge in [0, 0.05) is 24.2 Å². The van der Waals surface area contributed by atoms with E-state index in [2.05, 4.69) is 19.9 Å². The third-order valence-electron chi connectivity index (χ3n) is 4.12. The Morgan fingerprint density at radius 2 is 1.55 bits per heavy atom. The molecule has 0 atom stereocenters. The smallest absolute Gasteiger partial charge is 0.398 e. The lowest BCUT2D eigenvalue weighted by Crippen LogP contribution is -2.41. The zero-order valence-corrected chi connectivity index (χ0v) is 13.1. The first-order valence-electron chi connectivity index (χ1n) is 7.04. The summed E-state index contributed by atoms with van der Waals surface area (Å²) in [4.78, 5) is 16.7. The predicted octanol–water partition coefficient (Wildman–Crippen LogP) is 0.815. The number of nitrogens with two attached hydrogens (primary N) is 1. The van der Waals surface area contributed by atoms with Crippen LogP contribution < -0.4 is 11.3 Å². The SMILES string of the molecule is CC1(C)OB(c2cncc(-c3cnc(N)nc3)n2)OC1(C)C. The second-order valence-corrected chi connectivity index (χ2v) is 6.25. The summed E-state index contributed by atoms with van der Waals surface area (Å²) in [6.07, 6.45) is 6.51.